The minimum absolute atomic E-state index is 0.0184. The molecule has 0 spiro atoms. The van der Waals surface area contributed by atoms with Gasteiger partial charge in [-0.25, -0.2) is 0 Å². The van der Waals surface area contributed by atoms with E-state index in [1.165, 1.54) is 40.6 Å². The average Bonchev–Trinajstić information content (AvgIpc) is 2.97. The number of fused-ring (bicyclic) bond motifs is 1. The molecule has 1 amide bonds. The number of nitrogens with one attached hydrogen (secondary N) is 1. The van der Waals surface area contributed by atoms with Crippen LogP contribution in [0, 0.1) is 0 Å². The summed E-state index contributed by atoms with van der Waals surface area (Å²) in [6, 6.07) is 7.30. The third-order valence-electron chi connectivity index (χ3n) is 6.69. The lowest BCUT2D eigenvalue weighted by molar-refractivity contribution is -0.224. The Hall–Kier alpha value is -4.05. The highest BCUT2D eigenvalue weighted by atomic mass is 19.4. The molecule has 0 unspecified atom stereocenters. The molecule has 5 atom stereocenters. The Kier molecular flexibility index (Phi) is 8.87. The largest absolute Gasteiger partial charge is 0.496 e. The zero-order valence-corrected chi connectivity index (χ0v) is 22.7. The normalized spacial score (nSPS) is 22.5. The van der Waals surface area contributed by atoms with Crippen molar-refractivity contribution in [1.82, 2.24) is 5.32 Å². The van der Waals surface area contributed by atoms with Crippen LogP contribution in [0.3, 0.4) is 0 Å². The third kappa shape index (κ3) is 5.81. The Bertz CT molecular complexity index is 1520. The van der Waals surface area contributed by atoms with Gasteiger partial charge < -0.3 is 48.7 Å². The Balaban J connectivity index is 1.83. The highest BCUT2D eigenvalue weighted by molar-refractivity contribution is 5.89. The van der Waals surface area contributed by atoms with Crippen LogP contribution in [0.5, 0.6) is 23.0 Å². The smallest absolute Gasteiger partial charge is 0.405 e. The Labute approximate surface area is 236 Å². The highest BCUT2D eigenvalue weighted by Gasteiger charge is 2.49. The summed E-state index contributed by atoms with van der Waals surface area (Å²) in [5, 5.41) is 33.1. The number of hydrogen-bond donors (Lipinski definition) is 4. The summed E-state index contributed by atoms with van der Waals surface area (Å²) in [6.45, 7) is -1.73. The molecule has 0 aliphatic carbocycles. The number of halogens is 3. The second-order valence-corrected chi connectivity index (χ2v) is 9.23. The molecule has 1 aromatic heterocycles. The summed E-state index contributed by atoms with van der Waals surface area (Å²) in [5.74, 6) is -0.747. The van der Waals surface area contributed by atoms with Gasteiger partial charge in [-0.3, -0.25) is 9.59 Å². The fourth-order valence-electron chi connectivity index (χ4n) is 4.69. The Morgan fingerprint density at radius 2 is 1.57 bits per heavy atom. The van der Waals surface area contributed by atoms with E-state index in [0.29, 0.717) is 17.1 Å². The van der Waals surface area contributed by atoms with Gasteiger partial charge in [-0.2, -0.15) is 13.2 Å². The molecule has 2 aromatic carbocycles. The van der Waals surface area contributed by atoms with Gasteiger partial charge in [0.15, 0.2) is 23.0 Å². The molecule has 4 N–H and O–H groups in total. The first kappa shape index (κ1) is 30.9. The number of carbonyl (C=O) groups is 1. The second-order valence-electron chi connectivity index (χ2n) is 9.23. The van der Waals surface area contributed by atoms with E-state index in [-0.39, 0.29) is 33.8 Å². The minimum Gasteiger partial charge on any atom is -0.496 e. The number of aliphatic hydroxyl groups excluding tert-OH is 3. The third-order valence-corrected chi connectivity index (χ3v) is 6.69. The molecule has 0 saturated carbocycles. The lowest BCUT2D eigenvalue weighted by Crippen LogP contribution is -2.59. The molecule has 0 radical (unpaired) electrons. The van der Waals surface area contributed by atoms with Gasteiger partial charge in [0, 0.05) is 17.7 Å². The number of benzene rings is 2. The van der Waals surface area contributed by atoms with Crippen LogP contribution in [-0.2, 0) is 9.53 Å². The first-order valence-corrected chi connectivity index (χ1v) is 12.3. The van der Waals surface area contributed by atoms with E-state index in [2.05, 4.69) is 0 Å². The second kappa shape index (κ2) is 12.1. The average molecular weight is 600 g/mol. The van der Waals surface area contributed by atoms with Gasteiger partial charge >= 0.3 is 6.18 Å². The van der Waals surface area contributed by atoms with Crippen molar-refractivity contribution in [2.45, 2.75) is 36.7 Å². The number of aliphatic hydroxyl groups is 3. The van der Waals surface area contributed by atoms with E-state index in [1.54, 1.807) is 23.5 Å². The molecule has 1 aliphatic rings. The first-order chi connectivity index (χ1) is 19.8. The van der Waals surface area contributed by atoms with Crippen LogP contribution < -0.4 is 29.7 Å². The van der Waals surface area contributed by atoms with Gasteiger partial charge in [0.25, 0.3) is 5.91 Å². The predicted molar refractivity (Wildman–Crippen MR) is 139 cm³/mol. The molecule has 2 heterocycles. The summed E-state index contributed by atoms with van der Waals surface area (Å²) in [4.78, 5) is 25.9. The molecule has 4 rings (SSSR count). The van der Waals surface area contributed by atoms with Crippen LogP contribution in [0.25, 0.3) is 22.3 Å². The maximum atomic E-state index is 13.4. The van der Waals surface area contributed by atoms with E-state index in [9.17, 15) is 38.1 Å². The quantitative estimate of drug-likeness (QED) is 0.298. The maximum absolute atomic E-state index is 13.4. The highest BCUT2D eigenvalue weighted by Crippen LogP contribution is 2.46. The van der Waals surface area contributed by atoms with E-state index in [1.807, 2.05) is 0 Å². The molecule has 12 nitrogen and oxygen atoms in total. The van der Waals surface area contributed by atoms with Crippen LogP contribution in [-0.4, -0.2) is 86.8 Å². The summed E-state index contributed by atoms with van der Waals surface area (Å²) in [5.41, 5.74) is -0.322. The fraction of sp³-hybridized carbons (Fsp3) is 0.407. The van der Waals surface area contributed by atoms with Gasteiger partial charge in [0.05, 0.1) is 34.0 Å². The molecule has 0 bridgehead atoms. The van der Waals surface area contributed by atoms with Crippen LogP contribution in [0.15, 0.2) is 39.5 Å². The van der Waals surface area contributed by atoms with E-state index >= 15 is 0 Å². The molecular weight excluding hydrogens is 571 g/mol. The number of alkyl halides is 3. The molecule has 228 valence electrons. The number of amides is 1. The van der Waals surface area contributed by atoms with E-state index in [4.69, 9.17) is 28.1 Å². The Morgan fingerprint density at radius 1 is 0.905 bits per heavy atom. The van der Waals surface area contributed by atoms with Crippen molar-refractivity contribution < 1.29 is 61.4 Å². The topological polar surface area (TPSA) is 166 Å². The van der Waals surface area contributed by atoms with Gasteiger partial charge in [-0.1, -0.05) is 0 Å². The van der Waals surface area contributed by atoms with Gasteiger partial charge in [0.2, 0.25) is 0 Å². The fourth-order valence-corrected chi connectivity index (χ4v) is 4.69. The molecule has 42 heavy (non-hydrogen) atoms. The lowest BCUT2D eigenvalue weighted by atomic mass is 9.89. The standard InChI is InChI=1S/C27H28F3NO11/c1-37-13-6-5-11(7-15(13)38-2)14-8-12(32)18-17(41-14)9-16(39-3)19(23(18)40-4)24-21(34)20(33)22(35)25(42-24)26(36)31-10-27(28,29)30/h5-9,20-22,24-25,33-35H,10H2,1-4H3,(H,31,36)/t20-,21-,22+,24+,25+/m1/s1. The van der Waals surface area contributed by atoms with Gasteiger partial charge in [0.1, 0.15) is 59.2 Å². The lowest BCUT2D eigenvalue weighted by Gasteiger charge is -2.40. The monoisotopic (exact) mass is 599 g/mol. The molecule has 1 aliphatic heterocycles. The first-order valence-electron chi connectivity index (χ1n) is 12.3. The number of hydrogen-bond acceptors (Lipinski definition) is 11. The zero-order valence-electron chi connectivity index (χ0n) is 22.7. The molecule has 3 aromatic rings. The van der Waals surface area contributed by atoms with Gasteiger partial charge in [-0.15, -0.1) is 0 Å². The van der Waals surface area contributed by atoms with Crippen molar-refractivity contribution in [3.05, 3.63) is 46.1 Å². The maximum Gasteiger partial charge on any atom is 0.405 e. The number of carbonyl (C=O) groups excluding carboxylic acids is 1. The van der Waals surface area contributed by atoms with Crippen LogP contribution in [0.1, 0.15) is 11.7 Å². The number of methoxy groups -OCH3 is 4. The van der Waals surface area contributed by atoms with Crippen molar-refractivity contribution in [3.63, 3.8) is 0 Å². The Morgan fingerprint density at radius 3 is 2.17 bits per heavy atom. The summed E-state index contributed by atoms with van der Waals surface area (Å²) < 4.78 is 71.0. The van der Waals surface area contributed by atoms with Crippen LogP contribution in [0.4, 0.5) is 13.2 Å². The number of rotatable bonds is 8. The van der Waals surface area contributed by atoms with Gasteiger partial charge in [-0.05, 0) is 18.2 Å². The van der Waals surface area contributed by atoms with Crippen LogP contribution in [0.2, 0.25) is 0 Å². The molecule has 1 saturated heterocycles. The van der Waals surface area contributed by atoms with Crippen LogP contribution >= 0.6 is 0 Å². The minimum atomic E-state index is -4.76. The summed E-state index contributed by atoms with van der Waals surface area (Å²) in [7, 11) is 5.33. The van der Waals surface area contributed by atoms with Crippen molar-refractivity contribution >= 4 is 16.9 Å². The summed E-state index contributed by atoms with van der Waals surface area (Å²) >= 11 is 0. The van der Waals surface area contributed by atoms with Crippen molar-refractivity contribution in [2.75, 3.05) is 35.0 Å². The molecule has 15 heteroatoms. The SMILES string of the molecule is COc1ccc(-c2cc(=O)c3c(OC)c([C@@H]4O[C@H](C(=O)NCC(F)(F)F)[C@@H](O)[C@H](O)[C@H]4O)c(OC)cc3o2)cc1OC. The molecular formula is C27H28F3NO11. The molecule has 1 fully saturated rings. The predicted octanol–water partition coefficient (Wildman–Crippen LogP) is 1.70. The van der Waals surface area contributed by atoms with E-state index in [0.717, 1.165) is 0 Å². The van der Waals surface area contributed by atoms with Crippen molar-refractivity contribution in [2.24, 2.45) is 0 Å². The zero-order chi connectivity index (χ0) is 30.9. The summed E-state index contributed by atoms with van der Waals surface area (Å²) in [6.07, 6.45) is -14.6. The number of ether oxygens (including phenoxy) is 5. The van der Waals surface area contributed by atoms with Crippen molar-refractivity contribution in [3.8, 4) is 34.3 Å². The van der Waals surface area contributed by atoms with Crippen molar-refractivity contribution in [1.29, 1.82) is 0 Å². The van der Waals surface area contributed by atoms with E-state index < -0.39 is 54.6 Å².